The SMILES string of the molecule is CC(C)(C)c1ccc(C(c2ccc(C(C)(C)C)cc2)c2cc3c4c(c2)N2c5c(cc(C(C)(C)C)cc5C5(C)CCCCC25C)B4c2ccc4c(c2N3c2ccc(C(C)(C)C)cc2-c2ccccc2)-c2ccccc2C4(C)C)cc1. The van der Waals surface area contributed by atoms with Gasteiger partial charge in [0.1, 0.15) is 0 Å². The standard InChI is InChI=1S/C76H83BN2/c1-70(2,3)51-32-28-48(29-33-51)65(49-30-34-52(35-31-49)71(4,5)6)50-42-63-67-64(43-50)79-68-59(75(15)40-22-23-41-76(75,79)16)45-54(73(10,11)12)46-61(68)77(67)60-38-37-58-66(55-26-20-21-27-57(55)74(58,13)14)69(60)78(63)62-39-36-53(72(7,8)9)44-56(62)47-24-18-17-19-25-47/h17-21,24-39,42-46,65H,22-23,40-41H2,1-16H3. The molecule has 79 heavy (non-hydrogen) atoms. The van der Waals surface area contributed by atoms with Gasteiger partial charge in [0, 0.05) is 50.6 Å². The van der Waals surface area contributed by atoms with E-state index in [2.05, 4.69) is 278 Å². The van der Waals surface area contributed by atoms with Crippen LogP contribution in [0.1, 0.15) is 198 Å². The van der Waals surface area contributed by atoms with E-state index in [0.717, 1.165) is 6.42 Å². The summed E-state index contributed by atoms with van der Waals surface area (Å²) >= 11 is 0. The first-order valence-corrected chi connectivity index (χ1v) is 29.9. The molecule has 5 aliphatic rings. The van der Waals surface area contributed by atoms with E-state index in [1.54, 1.807) is 5.56 Å². The zero-order valence-electron chi connectivity index (χ0n) is 50.4. The number of rotatable bonds is 5. The van der Waals surface area contributed by atoms with Crippen LogP contribution in [0.15, 0.2) is 158 Å². The van der Waals surface area contributed by atoms with Crippen LogP contribution in [0.5, 0.6) is 0 Å². The molecule has 1 saturated carbocycles. The summed E-state index contributed by atoms with van der Waals surface area (Å²) in [5.41, 5.74) is 29.6. The fourth-order valence-corrected chi connectivity index (χ4v) is 15.5. The second-order valence-electron chi connectivity index (χ2n) is 29.7. The molecule has 2 aliphatic carbocycles. The highest BCUT2D eigenvalue weighted by Gasteiger charge is 2.62. The van der Waals surface area contributed by atoms with Gasteiger partial charge in [-0.05, 0) is 149 Å². The molecule has 0 amide bonds. The quantitative estimate of drug-likeness (QED) is 0.125. The molecule has 0 radical (unpaired) electrons. The second-order valence-corrected chi connectivity index (χ2v) is 29.7. The number of hydrogen-bond acceptors (Lipinski definition) is 2. The van der Waals surface area contributed by atoms with Crippen LogP contribution in [0.25, 0.3) is 22.3 Å². The summed E-state index contributed by atoms with van der Waals surface area (Å²) in [5, 5.41) is 0. The summed E-state index contributed by atoms with van der Waals surface area (Å²) in [6.45, 7) is 38.6. The van der Waals surface area contributed by atoms with E-state index in [1.165, 1.54) is 136 Å². The average Bonchev–Trinajstić information content (AvgIpc) is 1.97. The zero-order valence-corrected chi connectivity index (χ0v) is 50.4. The molecule has 2 atom stereocenters. The minimum atomic E-state index is -0.197. The fourth-order valence-electron chi connectivity index (χ4n) is 15.5. The van der Waals surface area contributed by atoms with Crippen molar-refractivity contribution < 1.29 is 0 Å². The van der Waals surface area contributed by atoms with Gasteiger partial charge < -0.3 is 9.80 Å². The summed E-state index contributed by atoms with van der Waals surface area (Å²) in [4.78, 5) is 5.76. The van der Waals surface area contributed by atoms with E-state index in [9.17, 15) is 0 Å². The molecule has 2 nitrogen and oxygen atoms in total. The molecule has 0 spiro atoms. The average molecular weight is 1040 g/mol. The molecule has 13 rings (SSSR count). The lowest BCUT2D eigenvalue weighted by molar-refractivity contribution is 0.195. The number of nitrogens with zero attached hydrogens (tertiary/aromatic N) is 2. The molecule has 3 heterocycles. The third-order valence-corrected chi connectivity index (χ3v) is 20.4. The Labute approximate surface area is 474 Å². The van der Waals surface area contributed by atoms with Crippen molar-refractivity contribution in [3.8, 4) is 22.3 Å². The fraction of sp³-hybridized carbons (Fsp3) is 0.368. The third kappa shape index (κ3) is 7.63. The van der Waals surface area contributed by atoms with Gasteiger partial charge in [-0.2, -0.15) is 0 Å². The van der Waals surface area contributed by atoms with Crippen LogP contribution in [0, 0.1) is 0 Å². The molecule has 3 heteroatoms. The minimum absolute atomic E-state index is 0.00395. The zero-order chi connectivity index (χ0) is 55.7. The van der Waals surface area contributed by atoms with Gasteiger partial charge in [0.2, 0.25) is 0 Å². The summed E-state index contributed by atoms with van der Waals surface area (Å²) < 4.78 is 0. The van der Waals surface area contributed by atoms with Crippen LogP contribution in [-0.2, 0) is 32.5 Å². The molecule has 3 aliphatic heterocycles. The van der Waals surface area contributed by atoms with E-state index < -0.39 is 0 Å². The summed E-state index contributed by atoms with van der Waals surface area (Å²) in [6.07, 6.45) is 4.80. The molecular weight excluding hydrogens is 952 g/mol. The van der Waals surface area contributed by atoms with Gasteiger partial charge in [-0.1, -0.05) is 250 Å². The second kappa shape index (κ2) is 17.2. The lowest BCUT2D eigenvalue weighted by Crippen LogP contribution is -2.64. The van der Waals surface area contributed by atoms with E-state index in [-0.39, 0.29) is 50.7 Å². The highest BCUT2D eigenvalue weighted by atomic mass is 15.3. The number of fused-ring (bicyclic) bond motifs is 11. The van der Waals surface area contributed by atoms with Gasteiger partial charge in [-0.25, -0.2) is 0 Å². The Bertz CT molecular complexity index is 3720. The summed E-state index contributed by atoms with van der Waals surface area (Å²) in [7, 11) is 0. The van der Waals surface area contributed by atoms with Gasteiger partial charge in [0.05, 0.1) is 11.2 Å². The van der Waals surface area contributed by atoms with Crippen molar-refractivity contribution in [2.45, 2.75) is 180 Å². The molecular formula is C76H83BN2. The van der Waals surface area contributed by atoms with Gasteiger partial charge in [-0.3, -0.25) is 0 Å². The molecule has 1 fully saturated rings. The van der Waals surface area contributed by atoms with Crippen molar-refractivity contribution in [3.63, 3.8) is 0 Å². The van der Waals surface area contributed by atoms with Crippen molar-refractivity contribution in [2.75, 3.05) is 9.80 Å². The van der Waals surface area contributed by atoms with Crippen LogP contribution in [0.2, 0.25) is 0 Å². The molecule has 2 unspecified atom stereocenters. The van der Waals surface area contributed by atoms with Crippen LogP contribution in [-0.4, -0.2) is 12.3 Å². The Morgan fingerprint density at radius 3 is 1.62 bits per heavy atom. The van der Waals surface area contributed by atoms with Crippen molar-refractivity contribution in [1.82, 2.24) is 0 Å². The predicted octanol–water partition coefficient (Wildman–Crippen LogP) is 18.4. The maximum absolute atomic E-state index is 2.96. The number of benzene rings is 8. The first-order chi connectivity index (χ1) is 37.2. The minimum Gasteiger partial charge on any atom is -0.335 e. The van der Waals surface area contributed by atoms with Crippen LogP contribution in [0.4, 0.5) is 28.4 Å². The molecule has 400 valence electrons. The highest BCUT2D eigenvalue weighted by Crippen LogP contribution is 2.64. The van der Waals surface area contributed by atoms with Gasteiger partial charge in [0.25, 0.3) is 6.71 Å². The maximum atomic E-state index is 2.96. The van der Waals surface area contributed by atoms with E-state index in [4.69, 9.17) is 0 Å². The largest absolute Gasteiger partial charge is 0.335 e. The molecule has 0 saturated heterocycles. The lowest BCUT2D eigenvalue weighted by Gasteiger charge is -2.53. The first-order valence-electron chi connectivity index (χ1n) is 29.9. The van der Waals surface area contributed by atoms with E-state index in [0.29, 0.717) is 0 Å². The molecule has 0 bridgehead atoms. The van der Waals surface area contributed by atoms with Crippen molar-refractivity contribution in [2.24, 2.45) is 0 Å². The topological polar surface area (TPSA) is 6.48 Å². The predicted molar refractivity (Wildman–Crippen MR) is 340 cm³/mol. The smallest absolute Gasteiger partial charge is 0.252 e. The van der Waals surface area contributed by atoms with Crippen molar-refractivity contribution >= 4 is 51.5 Å². The Morgan fingerprint density at radius 2 is 1.00 bits per heavy atom. The Kier molecular flexibility index (Phi) is 11.3. The van der Waals surface area contributed by atoms with Crippen LogP contribution in [0.3, 0.4) is 0 Å². The lowest BCUT2D eigenvalue weighted by atomic mass is 9.33. The monoisotopic (exact) mass is 1030 g/mol. The summed E-state index contributed by atoms with van der Waals surface area (Å²) in [6, 6.07) is 63.4. The van der Waals surface area contributed by atoms with E-state index >= 15 is 0 Å². The Morgan fingerprint density at radius 1 is 0.430 bits per heavy atom. The number of anilines is 5. The molecule has 8 aromatic carbocycles. The van der Waals surface area contributed by atoms with Crippen molar-refractivity contribution in [1.29, 1.82) is 0 Å². The van der Waals surface area contributed by atoms with Gasteiger partial charge in [0.15, 0.2) is 0 Å². The molecule has 8 aromatic rings. The van der Waals surface area contributed by atoms with Crippen LogP contribution < -0.4 is 26.2 Å². The highest BCUT2D eigenvalue weighted by molar-refractivity contribution is 7.00. The Hall–Kier alpha value is -6.58. The first kappa shape index (κ1) is 51.8. The Balaban J connectivity index is 1.22. The third-order valence-electron chi connectivity index (χ3n) is 20.4. The maximum Gasteiger partial charge on any atom is 0.252 e. The molecule has 0 N–H and O–H groups in total. The van der Waals surface area contributed by atoms with Gasteiger partial charge >= 0.3 is 0 Å². The van der Waals surface area contributed by atoms with Gasteiger partial charge in [-0.15, -0.1) is 0 Å². The molecule has 0 aromatic heterocycles. The van der Waals surface area contributed by atoms with E-state index in [1.807, 2.05) is 0 Å². The number of hydrogen-bond donors (Lipinski definition) is 0. The summed E-state index contributed by atoms with van der Waals surface area (Å²) in [5.74, 6) is -0.0402. The van der Waals surface area contributed by atoms with Crippen LogP contribution >= 0.6 is 0 Å². The normalized spacial score (nSPS) is 19.7. The van der Waals surface area contributed by atoms with Crippen molar-refractivity contribution in [3.05, 3.63) is 213 Å².